The van der Waals surface area contributed by atoms with Crippen LogP contribution in [0.15, 0.2) is 54.6 Å². The highest BCUT2D eigenvalue weighted by molar-refractivity contribution is 6.18. The van der Waals surface area contributed by atoms with Crippen LogP contribution >= 0.6 is 0 Å². The molecule has 2 amide bonds. The molecule has 1 fully saturated rings. The second-order valence-electron chi connectivity index (χ2n) is 8.47. The third-order valence-electron chi connectivity index (χ3n) is 5.95. The van der Waals surface area contributed by atoms with Crippen molar-refractivity contribution in [2.24, 2.45) is 0 Å². The fraction of sp³-hybridized carbons (Fsp3) is 0.346. The van der Waals surface area contributed by atoms with Gasteiger partial charge in [0.05, 0.1) is 24.4 Å². The Labute approximate surface area is 203 Å². The first-order valence-electron chi connectivity index (χ1n) is 11.5. The van der Waals surface area contributed by atoms with Crippen LogP contribution in [-0.2, 0) is 30.5 Å². The average molecular weight is 482 g/mol. The summed E-state index contributed by atoms with van der Waals surface area (Å²) in [6.07, 6.45) is 1.02. The van der Waals surface area contributed by atoms with E-state index in [1.54, 1.807) is 23.1 Å². The molecule has 0 spiro atoms. The van der Waals surface area contributed by atoms with E-state index in [-0.39, 0.29) is 30.5 Å². The lowest BCUT2D eigenvalue weighted by Gasteiger charge is -2.36. The van der Waals surface area contributed by atoms with Gasteiger partial charge in [-0.2, -0.15) is 0 Å². The molecule has 1 saturated heterocycles. The summed E-state index contributed by atoms with van der Waals surface area (Å²) in [5.74, 6) is -1.31. The maximum absolute atomic E-state index is 15.0. The molecule has 2 aliphatic heterocycles. The lowest BCUT2D eigenvalue weighted by molar-refractivity contribution is -0.138. The van der Waals surface area contributed by atoms with Crippen molar-refractivity contribution in [2.45, 2.75) is 19.6 Å². The Morgan fingerprint density at radius 1 is 1.11 bits per heavy atom. The highest BCUT2D eigenvalue weighted by Gasteiger charge is 2.28. The Kier molecular flexibility index (Phi) is 7.77. The Bertz CT molecular complexity index is 1110. The number of hydrogen-bond acceptors (Lipinski definition) is 6. The molecule has 2 aromatic rings. The van der Waals surface area contributed by atoms with Gasteiger partial charge in [-0.1, -0.05) is 36.4 Å². The molecule has 0 bridgehead atoms. The second kappa shape index (κ2) is 11.1. The van der Waals surface area contributed by atoms with E-state index >= 15 is 0 Å². The number of amides is 2. The van der Waals surface area contributed by atoms with Crippen molar-refractivity contribution in [1.29, 1.82) is 0 Å². The number of esters is 1. The molecule has 2 heterocycles. The molecule has 0 aromatic heterocycles. The van der Waals surface area contributed by atoms with Gasteiger partial charge in [-0.25, -0.2) is 9.18 Å². The number of carbonyl (C=O) groups excluding carboxylic acids is 3. The number of rotatable bonds is 8. The molecule has 0 saturated carbocycles. The van der Waals surface area contributed by atoms with Crippen molar-refractivity contribution >= 4 is 29.0 Å². The summed E-state index contributed by atoms with van der Waals surface area (Å²) >= 11 is 0. The van der Waals surface area contributed by atoms with Gasteiger partial charge in [0.2, 0.25) is 11.8 Å². The van der Waals surface area contributed by atoms with Gasteiger partial charge in [0.1, 0.15) is 18.5 Å². The molecular weight excluding hydrogens is 453 g/mol. The van der Waals surface area contributed by atoms with Gasteiger partial charge in [0.15, 0.2) is 0 Å². The normalized spacial score (nSPS) is 17.7. The SMILES string of the molecule is CC(=O)NC[C@H]1C=C(c2ccc(N3CCN(C(=O)COCc4ccccc4)CC3)c(F)c2)C(=O)O1. The smallest absolute Gasteiger partial charge is 0.339 e. The van der Waals surface area contributed by atoms with Gasteiger partial charge in [0, 0.05) is 33.1 Å². The molecule has 2 aromatic carbocycles. The third-order valence-corrected chi connectivity index (χ3v) is 5.95. The van der Waals surface area contributed by atoms with Crippen molar-refractivity contribution in [3.8, 4) is 0 Å². The number of piperazine rings is 1. The largest absolute Gasteiger partial charge is 0.453 e. The summed E-state index contributed by atoms with van der Waals surface area (Å²) < 4.78 is 25.7. The number of anilines is 1. The number of halogens is 1. The number of hydrogen-bond donors (Lipinski definition) is 1. The fourth-order valence-corrected chi connectivity index (χ4v) is 4.10. The molecule has 184 valence electrons. The second-order valence-corrected chi connectivity index (χ2v) is 8.47. The van der Waals surface area contributed by atoms with Gasteiger partial charge in [-0.05, 0) is 29.3 Å². The first kappa shape index (κ1) is 24.4. The zero-order valence-electron chi connectivity index (χ0n) is 19.5. The van der Waals surface area contributed by atoms with Crippen LogP contribution in [0.4, 0.5) is 10.1 Å². The minimum absolute atomic E-state index is 0.00605. The maximum atomic E-state index is 15.0. The lowest BCUT2D eigenvalue weighted by atomic mass is 10.0. The topological polar surface area (TPSA) is 88.2 Å². The number of nitrogens with zero attached hydrogens (tertiary/aromatic N) is 2. The predicted octanol–water partition coefficient (Wildman–Crippen LogP) is 2.14. The van der Waals surface area contributed by atoms with E-state index in [9.17, 15) is 18.8 Å². The number of carbonyl (C=O) groups is 3. The molecule has 35 heavy (non-hydrogen) atoms. The van der Waals surface area contributed by atoms with Crippen molar-refractivity contribution in [1.82, 2.24) is 10.2 Å². The summed E-state index contributed by atoms with van der Waals surface area (Å²) in [7, 11) is 0. The molecule has 0 unspecified atom stereocenters. The van der Waals surface area contributed by atoms with Crippen molar-refractivity contribution in [3.63, 3.8) is 0 Å². The van der Waals surface area contributed by atoms with E-state index < -0.39 is 17.9 Å². The maximum Gasteiger partial charge on any atom is 0.339 e. The van der Waals surface area contributed by atoms with Crippen molar-refractivity contribution in [3.05, 3.63) is 71.6 Å². The fourth-order valence-electron chi connectivity index (χ4n) is 4.10. The van der Waals surface area contributed by atoms with Crippen LogP contribution in [-0.4, -0.2) is 68.1 Å². The van der Waals surface area contributed by atoms with E-state index in [4.69, 9.17) is 9.47 Å². The van der Waals surface area contributed by atoms with Crippen LogP contribution in [0.5, 0.6) is 0 Å². The molecule has 0 radical (unpaired) electrons. The zero-order chi connectivity index (χ0) is 24.8. The van der Waals surface area contributed by atoms with Crippen LogP contribution in [0.2, 0.25) is 0 Å². The van der Waals surface area contributed by atoms with Crippen LogP contribution in [0.1, 0.15) is 18.1 Å². The Morgan fingerprint density at radius 3 is 2.54 bits per heavy atom. The number of benzene rings is 2. The summed E-state index contributed by atoms with van der Waals surface area (Å²) in [5.41, 5.74) is 2.12. The van der Waals surface area contributed by atoms with Crippen LogP contribution < -0.4 is 10.2 Å². The minimum Gasteiger partial charge on any atom is -0.453 e. The first-order chi connectivity index (χ1) is 16.9. The Morgan fingerprint density at radius 2 is 1.86 bits per heavy atom. The van der Waals surface area contributed by atoms with Crippen LogP contribution in [0.3, 0.4) is 0 Å². The van der Waals surface area contributed by atoms with Gasteiger partial charge in [-0.15, -0.1) is 0 Å². The molecular formula is C26H28FN3O5. The van der Waals surface area contributed by atoms with Crippen LogP contribution in [0.25, 0.3) is 5.57 Å². The molecule has 0 aliphatic carbocycles. The van der Waals surface area contributed by atoms with Gasteiger partial charge >= 0.3 is 5.97 Å². The van der Waals surface area contributed by atoms with Gasteiger partial charge in [0.25, 0.3) is 0 Å². The zero-order valence-corrected chi connectivity index (χ0v) is 19.5. The molecule has 4 rings (SSSR count). The molecule has 1 N–H and O–H groups in total. The standard InChI is InChI=1S/C26H28FN3O5/c1-18(31)28-15-21-14-22(26(33)35-21)20-7-8-24(23(27)13-20)29-9-11-30(12-10-29)25(32)17-34-16-19-5-3-2-4-6-19/h2-8,13-14,21H,9-12,15-17H2,1H3,(H,28,31)/t21-/m1/s1. The third kappa shape index (κ3) is 6.24. The first-order valence-corrected chi connectivity index (χ1v) is 11.5. The number of nitrogens with one attached hydrogen (secondary N) is 1. The minimum atomic E-state index is -0.577. The van der Waals surface area contributed by atoms with E-state index in [1.165, 1.54) is 13.0 Å². The predicted molar refractivity (Wildman–Crippen MR) is 128 cm³/mol. The summed E-state index contributed by atoms with van der Waals surface area (Å²) in [5, 5.41) is 2.60. The van der Waals surface area contributed by atoms with Gasteiger partial charge < -0.3 is 24.6 Å². The molecule has 8 nitrogen and oxygen atoms in total. The Hall–Kier alpha value is -3.72. The Balaban J connectivity index is 1.30. The highest BCUT2D eigenvalue weighted by Crippen LogP contribution is 2.29. The summed E-state index contributed by atoms with van der Waals surface area (Å²) in [6, 6.07) is 14.3. The highest BCUT2D eigenvalue weighted by atomic mass is 19.1. The van der Waals surface area contributed by atoms with Crippen molar-refractivity contribution < 1.29 is 28.2 Å². The van der Waals surface area contributed by atoms with E-state index in [1.807, 2.05) is 35.2 Å². The molecule has 2 aliphatic rings. The molecule has 9 heteroatoms. The molecule has 1 atom stereocenters. The summed E-state index contributed by atoms with van der Waals surface area (Å²) in [4.78, 5) is 39.3. The van der Waals surface area contributed by atoms with Crippen LogP contribution in [0, 0.1) is 5.82 Å². The van der Waals surface area contributed by atoms with E-state index in [0.29, 0.717) is 44.0 Å². The lowest BCUT2D eigenvalue weighted by Crippen LogP contribution is -2.50. The average Bonchev–Trinajstić information content (AvgIpc) is 3.24. The van der Waals surface area contributed by atoms with Gasteiger partial charge in [-0.3, -0.25) is 9.59 Å². The van der Waals surface area contributed by atoms with Crippen molar-refractivity contribution in [2.75, 3.05) is 44.2 Å². The number of ether oxygens (including phenoxy) is 2. The van der Waals surface area contributed by atoms with E-state index in [2.05, 4.69) is 5.32 Å². The van der Waals surface area contributed by atoms with E-state index in [0.717, 1.165) is 5.56 Å². The number of cyclic esters (lactones) is 1. The monoisotopic (exact) mass is 481 g/mol. The quantitative estimate of drug-likeness (QED) is 0.582. The summed E-state index contributed by atoms with van der Waals surface area (Å²) in [6.45, 7) is 3.85.